The van der Waals surface area contributed by atoms with Gasteiger partial charge in [0.05, 0.1) is 6.54 Å². The summed E-state index contributed by atoms with van der Waals surface area (Å²) in [7, 11) is 0. The molecule has 1 rings (SSSR count). The third kappa shape index (κ3) is 5.64. The molecular weight excluding hydrogens is 224 g/mol. The van der Waals surface area contributed by atoms with Crippen molar-refractivity contribution >= 4 is 11.6 Å². The molecule has 1 aliphatic heterocycles. The van der Waals surface area contributed by atoms with Crippen LogP contribution in [0, 0.1) is 5.92 Å². The van der Waals surface area contributed by atoms with E-state index in [4.69, 9.17) is 16.3 Å². The molecule has 1 aliphatic rings. The minimum Gasteiger partial charge on any atom is -0.381 e. The van der Waals surface area contributed by atoms with Crippen LogP contribution < -0.4 is 0 Å². The van der Waals surface area contributed by atoms with Gasteiger partial charge in [-0.15, -0.1) is 11.6 Å². The Morgan fingerprint density at radius 3 is 2.53 bits per heavy atom. The first-order valence-electron chi connectivity index (χ1n) is 5.36. The van der Waals surface area contributed by atoms with Crippen molar-refractivity contribution in [1.82, 2.24) is 4.90 Å². The van der Waals surface area contributed by atoms with Crippen LogP contribution in [0.5, 0.6) is 0 Å². The molecule has 0 unspecified atom stereocenters. The van der Waals surface area contributed by atoms with E-state index in [1.54, 1.807) is 4.90 Å². The molecule has 15 heavy (non-hydrogen) atoms. The van der Waals surface area contributed by atoms with Gasteiger partial charge in [0.2, 0.25) is 0 Å². The van der Waals surface area contributed by atoms with Gasteiger partial charge in [0, 0.05) is 32.2 Å². The summed E-state index contributed by atoms with van der Waals surface area (Å²) in [5.41, 5.74) is 0. The van der Waals surface area contributed by atoms with Crippen LogP contribution in [0.1, 0.15) is 12.8 Å². The van der Waals surface area contributed by atoms with E-state index in [1.807, 2.05) is 0 Å². The van der Waals surface area contributed by atoms with Gasteiger partial charge in [-0.3, -0.25) is 4.90 Å². The van der Waals surface area contributed by atoms with Crippen LogP contribution in [0.2, 0.25) is 0 Å². The highest BCUT2D eigenvalue weighted by atomic mass is 35.5. The maximum atomic E-state index is 12.3. The van der Waals surface area contributed by atoms with Crippen LogP contribution in [0.15, 0.2) is 0 Å². The second kappa shape index (κ2) is 7.36. The summed E-state index contributed by atoms with van der Waals surface area (Å²) in [6, 6.07) is 0. The lowest BCUT2D eigenvalue weighted by Crippen LogP contribution is -2.36. The van der Waals surface area contributed by atoms with Gasteiger partial charge in [0.25, 0.3) is 6.43 Å². The highest BCUT2D eigenvalue weighted by Gasteiger charge is 2.19. The molecule has 1 saturated heterocycles. The first kappa shape index (κ1) is 13.1. The molecule has 0 aromatic carbocycles. The smallest absolute Gasteiger partial charge is 0.251 e. The van der Waals surface area contributed by atoms with Gasteiger partial charge >= 0.3 is 0 Å². The lowest BCUT2D eigenvalue weighted by Gasteiger charge is -2.29. The Balaban J connectivity index is 2.28. The van der Waals surface area contributed by atoms with Gasteiger partial charge in [-0.1, -0.05) is 0 Å². The fourth-order valence-electron chi connectivity index (χ4n) is 1.87. The number of hydrogen-bond donors (Lipinski definition) is 0. The maximum Gasteiger partial charge on any atom is 0.251 e. The molecule has 0 aromatic heterocycles. The molecule has 0 spiro atoms. The minimum atomic E-state index is -2.27. The van der Waals surface area contributed by atoms with E-state index in [0.717, 1.165) is 32.6 Å². The van der Waals surface area contributed by atoms with Crippen LogP contribution in [-0.2, 0) is 4.74 Å². The second-order valence-electron chi connectivity index (χ2n) is 3.90. The van der Waals surface area contributed by atoms with E-state index >= 15 is 0 Å². The van der Waals surface area contributed by atoms with Crippen molar-refractivity contribution in [2.24, 2.45) is 5.92 Å². The molecule has 0 aromatic rings. The Morgan fingerprint density at radius 2 is 2.00 bits per heavy atom. The number of rotatable bonds is 6. The first-order valence-corrected chi connectivity index (χ1v) is 5.90. The summed E-state index contributed by atoms with van der Waals surface area (Å²) in [4.78, 5) is 1.76. The van der Waals surface area contributed by atoms with Gasteiger partial charge in [-0.05, 0) is 18.8 Å². The van der Waals surface area contributed by atoms with E-state index in [1.165, 1.54) is 0 Å². The second-order valence-corrected chi connectivity index (χ2v) is 4.27. The van der Waals surface area contributed by atoms with E-state index in [0.29, 0.717) is 18.3 Å². The fourth-order valence-corrected chi connectivity index (χ4v) is 2.10. The summed E-state index contributed by atoms with van der Waals surface area (Å²) >= 11 is 5.59. The van der Waals surface area contributed by atoms with Crippen LogP contribution in [0.3, 0.4) is 0 Å². The largest absolute Gasteiger partial charge is 0.381 e. The normalized spacial score (nSPS) is 19.0. The van der Waals surface area contributed by atoms with Gasteiger partial charge in [-0.25, -0.2) is 8.78 Å². The van der Waals surface area contributed by atoms with Crippen LogP contribution in [-0.4, -0.2) is 50.1 Å². The molecule has 1 heterocycles. The number of halogens is 3. The van der Waals surface area contributed by atoms with Gasteiger partial charge in [0.15, 0.2) is 0 Å². The fraction of sp³-hybridized carbons (Fsp3) is 1.00. The number of hydrogen-bond acceptors (Lipinski definition) is 2. The van der Waals surface area contributed by atoms with Crippen LogP contribution in [0.25, 0.3) is 0 Å². The molecule has 0 amide bonds. The highest BCUT2D eigenvalue weighted by molar-refractivity contribution is 6.18. The number of nitrogens with zero attached hydrogens (tertiary/aromatic N) is 1. The predicted octanol–water partition coefficient (Wildman–Crippen LogP) is 2.22. The Labute approximate surface area is 94.5 Å². The molecule has 0 atom stereocenters. The lowest BCUT2D eigenvalue weighted by atomic mass is 10.00. The number of ether oxygens (including phenoxy) is 1. The predicted molar refractivity (Wildman–Crippen MR) is 56.7 cm³/mol. The Hall–Kier alpha value is 0.0700. The quantitative estimate of drug-likeness (QED) is 0.662. The zero-order chi connectivity index (χ0) is 11.1. The minimum absolute atomic E-state index is 0.163. The van der Waals surface area contributed by atoms with E-state index in [-0.39, 0.29) is 6.54 Å². The standard InChI is InChI=1S/C10H18ClF2NO/c11-3-4-14(8-10(12)13)7-9-1-5-15-6-2-9/h9-10H,1-8H2. The molecule has 5 heteroatoms. The van der Waals surface area contributed by atoms with Crippen molar-refractivity contribution in [2.45, 2.75) is 19.3 Å². The van der Waals surface area contributed by atoms with Crippen molar-refractivity contribution in [2.75, 3.05) is 38.7 Å². The average molecular weight is 242 g/mol. The molecule has 0 radical (unpaired) electrons. The van der Waals surface area contributed by atoms with E-state index in [9.17, 15) is 8.78 Å². The SMILES string of the molecule is FC(F)CN(CCCl)CC1CCOCC1. The summed E-state index contributed by atoms with van der Waals surface area (Å²) in [5.74, 6) is 0.899. The molecule has 0 aliphatic carbocycles. The maximum absolute atomic E-state index is 12.3. The van der Waals surface area contributed by atoms with Crippen LogP contribution in [0.4, 0.5) is 8.78 Å². The molecule has 0 bridgehead atoms. The molecular formula is C10H18ClF2NO. The zero-order valence-corrected chi connectivity index (χ0v) is 9.56. The number of alkyl halides is 3. The third-order valence-electron chi connectivity index (χ3n) is 2.65. The van der Waals surface area contributed by atoms with Gasteiger partial charge in [-0.2, -0.15) is 0 Å². The van der Waals surface area contributed by atoms with E-state index < -0.39 is 6.43 Å². The first-order chi connectivity index (χ1) is 7.22. The third-order valence-corrected chi connectivity index (χ3v) is 2.82. The van der Waals surface area contributed by atoms with Crippen molar-refractivity contribution in [1.29, 1.82) is 0 Å². The summed E-state index contributed by atoms with van der Waals surface area (Å²) in [6.07, 6.45) is -0.322. The Morgan fingerprint density at radius 1 is 1.33 bits per heavy atom. The van der Waals surface area contributed by atoms with Crippen molar-refractivity contribution in [3.05, 3.63) is 0 Å². The summed E-state index contributed by atoms with van der Waals surface area (Å²) in [5, 5.41) is 0. The van der Waals surface area contributed by atoms with Crippen molar-refractivity contribution in [3.8, 4) is 0 Å². The lowest BCUT2D eigenvalue weighted by molar-refractivity contribution is 0.0382. The highest BCUT2D eigenvalue weighted by Crippen LogP contribution is 2.16. The Bertz CT molecular complexity index is 166. The summed E-state index contributed by atoms with van der Waals surface area (Å²) < 4.78 is 29.7. The van der Waals surface area contributed by atoms with E-state index in [2.05, 4.69) is 0 Å². The van der Waals surface area contributed by atoms with Crippen molar-refractivity contribution in [3.63, 3.8) is 0 Å². The molecule has 1 fully saturated rings. The molecule has 0 saturated carbocycles. The average Bonchev–Trinajstić information content (AvgIpc) is 2.18. The summed E-state index contributed by atoms with van der Waals surface area (Å²) in [6.45, 7) is 2.62. The zero-order valence-electron chi connectivity index (χ0n) is 8.80. The molecule has 90 valence electrons. The van der Waals surface area contributed by atoms with Crippen LogP contribution >= 0.6 is 11.6 Å². The molecule has 0 N–H and O–H groups in total. The Kier molecular flexibility index (Phi) is 6.45. The topological polar surface area (TPSA) is 12.5 Å². The van der Waals surface area contributed by atoms with Gasteiger partial charge in [0.1, 0.15) is 0 Å². The van der Waals surface area contributed by atoms with Gasteiger partial charge < -0.3 is 4.74 Å². The van der Waals surface area contributed by atoms with Crippen molar-refractivity contribution < 1.29 is 13.5 Å². The molecule has 2 nitrogen and oxygen atoms in total. The monoisotopic (exact) mass is 241 g/mol.